The van der Waals surface area contributed by atoms with Crippen molar-refractivity contribution in [3.63, 3.8) is 0 Å². The second-order valence-electron chi connectivity index (χ2n) is 3.77. The van der Waals surface area contributed by atoms with Gasteiger partial charge in [-0.15, -0.1) is 0 Å². The lowest BCUT2D eigenvalue weighted by molar-refractivity contribution is -0.137. The molecule has 6 nitrogen and oxygen atoms in total. The Labute approximate surface area is 105 Å². The number of hydrogen-bond donors (Lipinski definition) is 3. The monoisotopic (exact) mass is 276 g/mol. The Morgan fingerprint density at radius 1 is 1.37 bits per heavy atom. The Morgan fingerprint density at radius 2 is 2.00 bits per heavy atom. The van der Waals surface area contributed by atoms with Gasteiger partial charge in [-0.05, 0) is 23.7 Å². The van der Waals surface area contributed by atoms with Crippen LogP contribution in [0.4, 0.5) is 18.9 Å². The van der Waals surface area contributed by atoms with E-state index >= 15 is 0 Å². The van der Waals surface area contributed by atoms with E-state index < -0.39 is 30.5 Å². The van der Waals surface area contributed by atoms with Crippen LogP contribution in [0.1, 0.15) is 17.2 Å². The van der Waals surface area contributed by atoms with E-state index in [1.54, 1.807) is 0 Å². The largest absolute Gasteiger partial charge is 0.416 e. The summed E-state index contributed by atoms with van der Waals surface area (Å²) in [6.45, 7) is -0.479. The fourth-order valence-corrected chi connectivity index (χ4v) is 1.43. The van der Waals surface area contributed by atoms with Crippen molar-refractivity contribution in [2.24, 2.45) is 5.11 Å². The van der Waals surface area contributed by atoms with Crippen molar-refractivity contribution < 1.29 is 23.4 Å². The van der Waals surface area contributed by atoms with Crippen LogP contribution in [0.2, 0.25) is 0 Å². The summed E-state index contributed by atoms with van der Waals surface area (Å²) in [7, 11) is 0. The van der Waals surface area contributed by atoms with Crippen LogP contribution in [0.15, 0.2) is 23.3 Å². The maximum absolute atomic E-state index is 12.5. The predicted molar refractivity (Wildman–Crippen MR) is 60.8 cm³/mol. The molecule has 2 atom stereocenters. The molecule has 0 fully saturated rings. The Bertz CT molecular complexity index is 500. The molecule has 19 heavy (non-hydrogen) atoms. The lowest BCUT2D eigenvalue weighted by atomic mass is 10.00. The molecule has 0 aliphatic rings. The summed E-state index contributed by atoms with van der Waals surface area (Å²) in [4.78, 5) is 2.37. The Balaban J connectivity index is 3.08. The van der Waals surface area contributed by atoms with Crippen LogP contribution in [0.25, 0.3) is 10.4 Å². The number of nitrogens with two attached hydrogens (primary N) is 1. The van der Waals surface area contributed by atoms with Crippen LogP contribution in [0.5, 0.6) is 0 Å². The average Bonchev–Trinajstić information content (AvgIpc) is 2.34. The quantitative estimate of drug-likeness (QED) is 0.338. The summed E-state index contributed by atoms with van der Waals surface area (Å²) in [6.07, 6.45) is -7.80. The minimum atomic E-state index is -4.59. The van der Waals surface area contributed by atoms with E-state index in [2.05, 4.69) is 10.0 Å². The summed E-state index contributed by atoms with van der Waals surface area (Å²) in [6, 6.07) is 2.41. The third-order valence-corrected chi connectivity index (χ3v) is 2.43. The fraction of sp³-hybridized carbons (Fsp3) is 0.400. The number of nitrogen functional groups attached to an aromatic ring is 1. The van der Waals surface area contributed by atoms with E-state index in [1.165, 1.54) is 0 Å². The van der Waals surface area contributed by atoms with Gasteiger partial charge in [-0.1, -0.05) is 5.11 Å². The second-order valence-corrected chi connectivity index (χ2v) is 3.77. The highest BCUT2D eigenvalue weighted by Gasteiger charge is 2.32. The van der Waals surface area contributed by atoms with E-state index in [4.69, 9.17) is 11.3 Å². The first-order valence-corrected chi connectivity index (χ1v) is 5.11. The molecule has 0 spiro atoms. The number of azide groups is 1. The van der Waals surface area contributed by atoms with Crippen LogP contribution >= 0.6 is 0 Å². The molecule has 0 aliphatic carbocycles. The Hall–Kier alpha value is -1.96. The molecule has 1 aromatic rings. The molecule has 0 heterocycles. The highest BCUT2D eigenvalue weighted by atomic mass is 19.4. The molecule has 1 aromatic carbocycles. The summed E-state index contributed by atoms with van der Waals surface area (Å²) in [5.41, 5.74) is 12.2. The first-order chi connectivity index (χ1) is 8.77. The molecule has 1 rings (SSSR count). The van der Waals surface area contributed by atoms with Gasteiger partial charge in [0.15, 0.2) is 0 Å². The maximum atomic E-state index is 12.5. The number of anilines is 1. The van der Waals surface area contributed by atoms with Gasteiger partial charge < -0.3 is 15.9 Å². The van der Waals surface area contributed by atoms with Crippen LogP contribution in [-0.2, 0) is 6.18 Å². The van der Waals surface area contributed by atoms with Gasteiger partial charge >= 0.3 is 6.18 Å². The number of aliphatic hydroxyl groups is 2. The third kappa shape index (κ3) is 3.75. The highest BCUT2D eigenvalue weighted by Crippen LogP contribution is 2.33. The van der Waals surface area contributed by atoms with E-state index in [1.807, 2.05) is 0 Å². The first-order valence-electron chi connectivity index (χ1n) is 5.11. The van der Waals surface area contributed by atoms with Gasteiger partial charge in [-0.3, -0.25) is 0 Å². The molecule has 9 heteroatoms. The zero-order chi connectivity index (χ0) is 14.6. The van der Waals surface area contributed by atoms with Crippen LogP contribution < -0.4 is 5.73 Å². The van der Waals surface area contributed by atoms with E-state index in [9.17, 15) is 23.4 Å². The molecular formula is C10H11F3N4O2. The van der Waals surface area contributed by atoms with Crippen molar-refractivity contribution in [3.8, 4) is 0 Å². The van der Waals surface area contributed by atoms with Gasteiger partial charge in [0.05, 0.1) is 18.2 Å². The van der Waals surface area contributed by atoms with Crippen molar-refractivity contribution >= 4 is 5.69 Å². The molecule has 2 unspecified atom stereocenters. The predicted octanol–water partition coefficient (Wildman–Crippen LogP) is 1.99. The normalized spacial score (nSPS) is 14.6. The standard InChI is InChI=1S/C10H11F3N4O2/c11-10(12,13)5-1-2-7(14)6(3-5)9(19)8(18)4-16-17-15/h1-3,8-9,18-19H,4,14H2. The zero-order valence-electron chi connectivity index (χ0n) is 9.54. The molecule has 4 N–H and O–H groups in total. The number of benzene rings is 1. The minimum absolute atomic E-state index is 0.0968. The van der Waals surface area contributed by atoms with Gasteiger partial charge in [0.2, 0.25) is 0 Å². The van der Waals surface area contributed by atoms with E-state index in [0.717, 1.165) is 12.1 Å². The Morgan fingerprint density at radius 3 is 2.53 bits per heavy atom. The number of halogens is 3. The number of aliphatic hydroxyl groups excluding tert-OH is 2. The lowest BCUT2D eigenvalue weighted by Crippen LogP contribution is -2.22. The van der Waals surface area contributed by atoms with Crippen molar-refractivity contribution in [1.29, 1.82) is 0 Å². The zero-order valence-corrected chi connectivity index (χ0v) is 9.54. The number of alkyl halides is 3. The van der Waals surface area contributed by atoms with E-state index in [0.29, 0.717) is 6.07 Å². The minimum Gasteiger partial charge on any atom is -0.398 e. The average molecular weight is 276 g/mol. The molecule has 0 bridgehead atoms. The fourth-order valence-electron chi connectivity index (χ4n) is 1.43. The number of nitrogens with zero attached hydrogens (tertiary/aromatic N) is 3. The van der Waals surface area contributed by atoms with Gasteiger partial charge in [0.1, 0.15) is 6.10 Å². The van der Waals surface area contributed by atoms with Crippen molar-refractivity contribution in [1.82, 2.24) is 0 Å². The smallest absolute Gasteiger partial charge is 0.398 e. The van der Waals surface area contributed by atoms with Crippen molar-refractivity contribution in [2.45, 2.75) is 18.4 Å². The SMILES string of the molecule is [N-]=[N+]=NCC(O)C(O)c1cc(C(F)(F)F)ccc1N. The van der Waals surface area contributed by atoms with Gasteiger partial charge in [-0.2, -0.15) is 13.2 Å². The second kappa shape index (κ2) is 5.79. The number of hydrogen-bond acceptors (Lipinski definition) is 4. The first kappa shape index (κ1) is 15.1. The lowest BCUT2D eigenvalue weighted by Gasteiger charge is -2.19. The topological polar surface area (TPSA) is 115 Å². The van der Waals surface area contributed by atoms with Crippen molar-refractivity contribution in [3.05, 3.63) is 39.8 Å². The van der Waals surface area contributed by atoms with Gasteiger partial charge in [0, 0.05) is 16.2 Å². The molecule has 104 valence electrons. The molecular weight excluding hydrogens is 265 g/mol. The molecule has 0 radical (unpaired) electrons. The summed E-state index contributed by atoms with van der Waals surface area (Å²) in [5.74, 6) is 0. The number of rotatable bonds is 4. The van der Waals surface area contributed by atoms with E-state index in [-0.39, 0.29) is 11.3 Å². The van der Waals surface area contributed by atoms with Crippen LogP contribution in [-0.4, -0.2) is 22.9 Å². The molecule has 0 amide bonds. The van der Waals surface area contributed by atoms with Crippen LogP contribution in [0.3, 0.4) is 0 Å². The molecule has 0 saturated heterocycles. The Kier molecular flexibility index (Phi) is 4.60. The highest BCUT2D eigenvalue weighted by molar-refractivity contribution is 5.50. The van der Waals surface area contributed by atoms with Crippen LogP contribution in [0, 0.1) is 0 Å². The van der Waals surface area contributed by atoms with Crippen molar-refractivity contribution in [2.75, 3.05) is 12.3 Å². The maximum Gasteiger partial charge on any atom is 0.416 e. The third-order valence-electron chi connectivity index (χ3n) is 2.43. The molecule has 0 aromatic heterocycles. The summed E-state index contributed by atoms with van der Waals surface area (Å²) >= 11 is 0. The molecule has 0 saturated carbocycles. The molecule has 0 aliphatic heterocycles. The van der Waals surface area contributed by atoms with Gasteiger partial charge in [0.25, 0.3) is 0 Å². The van der Waals surface area contributed by atoms with Gasteiger partial charge in [-0.25, -0.2) is 0 Å². The summed E-state index contributed by atoms with van der Waals surface area (Å²) < 4.78 is 37.5. The summed E-state index contributed by atoms with van der Waals surface area (Å²) in [5, 5.41) is 22.2.